The summed E-state index contributed by atoms with van der Waals surface area (Å²) in [6, 6.07) is 5.44. The monoisotopic (exact) mass is 508 g/mol. The third kappa shape index (κ3) is 8.86. The number of phenols is 1. The van der Waals surface area contributed by atoms with Crippen molar-refractivity contribution >= 4 is 5.82 Å². The van der Waals surface area contributed by atoms with Gasteiger partial charge in [-0.1, -0.05) is 46.0 Å². The van der Waals surface area contributed by atoms with Gasteiger partial charge in [0.05, 0.1) is 0 Å². The van der Waals surface area contributed by atoms with Gasteiger partial charge < -0.3 is 19.9 Å². The topological polar surface area (TPSA) is 100 Å². The van der Waals surface area contributed by atoms with Crippen molar-refractivity contribution in [3.05, 3.63) is 29.3 Å². The molecule has 198 valence electrons. The maximum Gasteiger partial charge on any atom is 0.573 e. The van der Waals surface area contributed by atoms with Gasteiger partial charge in [-0.25, -0.2) is 0 Å². The molecule has 0 bridgehead atoms. The molecule has 2 N–H and O–H groups in total. The Hall–Kier alpha value is -3.06. The minimum atomic E-state index is -4.88. The summed E-state index contributed by atoms with van der Waals surface area (Å²) in [5.74, 6) is -0.225. The minimum absolute atomic E-state index is 0.162. The molecule has 10 heteroatoms. The number of aromatic hydroxyl groups is 1. The van der Waals surface area contributed by atoms with Crippen molar-refractivity contribution in [2.45, 2.75) is 71.6 Å². The van der Waals surface area contributed by atoms with Crippen molar-refractivity contribution in [1.29, 1.82) is 5.26 Å². The smallest absolute Gasteiger partial charge is 0.507 e. The maximum absolute atomic E-state index is 12.6. The number of nitrogens with zero attached hydrogens (tertiary/aromatic N) is 3. The quantitative estimate of drug-likeness (QED) is 0.261. The van der Waals surface area contributed by atoms with Crippen molar-refractivity contribution < 1.29 is 27.8 Å². The normalized spacial score (nSPS) is 12.2. The molecular formula is C26H35F3N4O3. The number of hydrogen-bond donors (Lipinski definition) is 2. The zero-order valence-corrected chi connectivity index (χ0v) is 21.1. The number of aromatic nitrogens is 2. The van der Waals surface area contributed by atoms with Crippen LogP contribution in [0, 0.1) is 17.2 Å². The Balaban J connectivity index is 2.35. The first-order valence-corrected chi connectivity index (χ1v) is 12.4. The van der Waals surface area contributed by atoms with Crippen molar-refractivity contribution in [3.63, 3.8) is 0 Å². The van der Waals surface area contributed by atoms with Gasteiger partial charge in [-0.15, -0.1) is 23.4 Å². The molecule has 0 aliphatic rings. The third-order valence-electron chi connectivity index (χ3n) is 6.02. The van der Waals surface area contributed by atoms with E-state index < -0.39 is 17.9 Å². The Morgan fingerprint density at radius 1 is 1.14 bits per heavy atom. The van der Waals surface area contributed by atoms with Crippen molar-refractivity contribution in [2.24, 2.45) is 5.92 Å². The van der Waals surface area contributed by atoms with E-state index in [1.54, 1.807) is 7.11 Å². The molecular weight excluding hydrogens is 473 g/mol. The second-order valence-electron chi connectivity index (χ2n) is 8.69. The Kier molecular flexibility index (Phi) is 11.7. The van der Waals surface area contributed by atoms with Gasteiger partial charge in [0.25, 0.3) is 0 Å². The summed E-state index contributed by atoms with van der Waals surface area (Å²) < 4.78 is 46.7. The number of ether oxygens (including phenoxy) is 2. The number of rotatable bonds is 15. The Bertz CT molecular complexity index is 1010. The lowest BCUT2D eigenvalue weighted by Crippen LogP contribution is -2.17. The number of alkyl halides is 3. The molecule has 0 saturated heterocycles. The van der Waals surface area contributed by atoms with Crippen LogP contribution in [0.5, 0.6) is 11.5 Å². The Labute approximate surface area is 210 Å². The van der Waals surface area contributed by atoms with E-state index >= 15 is 0 Å². The molecule has 1 aromatic carbocycles. The summed E-state index contributed by atoms with van der Waals surface area (Å²) >= 11 is 0. The standard InChI is InChI=1S/C26H35F3N4O3/c1-4-6-7-8-10-18(5-2)17-31-25-22(16-30)20(11-9-14-35-3)24(32-33-25)21-13-12-19(15-23(21)34)36-26(27,28)29/h12-13,15,18,34H,4-11,14,17H2,1-3H3,(H,31,33). The molecule has 0 saturated carbocycles. The number of phenolic OH excluding ortho intramolecular Hbond substituents is 1. The molecule has 1 aromatic heterocycles. The van der Waals surface area contributed by atoms with Crippen LogP contribution in [0.15, 0.2) is 18.2 Å². The van der Waals surface area contributed by atoms with Gasteiger partial charge >= 0.3 is 6.36 Å². The lowest BCUT2D eigenvalue weighted by molar-refractivity contribution is -0.274. The number of methoxy groups -OCH3 is 1. The predicted molar refractivity (Wildman–Crippen MR) is 132 cm³/mol. The highest BCUT2D eigenvalue weighted by Gasteiger charge is 2.31. The lowest BCUT2D eigenvalue weighted by Gasteiger charge is -2.18. The van der Waals surface area contributed by atoms with E-state index in [4.69, 9.17) is 4.74 Å². The first-order chi connectivity index (χ1) is 17.2. The zero-order valence-electron chi connectivity index (χ0n) is 21.1. The first kappa shape index (κ1) is 29.2. The summed E-state index contributed by atoms with van der Waals surface area (Å²) in [5.41, 5.74) is 1.24. The average Bonchev–Trinajstić information content (AvgIpc) is 2.83. The summed E-state index contributed by atoms with van der Waals surface area (Å²) in [5, 5.41) is 32.2. The number of nitrogens with one attached hydrogen (secondary N) is 1. The number of hydrogen-bond acceptors (Lipinski definition) is 7. The van der Waals surface area contributed by atoms with Crippen LogP contribution in [0.25, 0.3) is 11.3 Å². The highest BCUT2D eigenvalue weighted by Crippen LogP contribution is 2.37. The molecule has 0 fully saturated rings. The van der Waals surface area contributed by atoms with Gasteiger partial charge in [-0.05, 0) is 37.3 Å². The SMILES string of the molecule is CCCCCCC(CC)CNc1nnc(-c2ccc(OC(F)(F)F)cc2O)c(CCCOC)c1C#N. The number of nitriles is 1. The minimum Gasteiger partial charge on any atom is -0.507 e. The summed E-state index contributed by atoms with van der Waals surface area (Å²) in [6.07, 6.45) is 2.93. The molecule has 2 rings (SSSR count). The molecule has 0 aliphatic heterocycles. The second-order valence-corrected chi connectivity index (χ2v) is 8.69. The molecule has 1 unspecified atom stereocenters. The van der Waals surface area contributed by atoms with E-state index in [-0.39, 0.29) is 11.3 Å². The van der Waals surface area contributed by atoms with Crippen LogP contribution < -0.4 is 10.1 Å². The molecule has 1 heterocycles. The third-order valence-corrected chi connectivity index (χ3v) is 6.02. The van der Waals surface area contributed by atoms with Crippen LogP contribution in [-0.4, -0.2) is 41.9 Å². The zero-order chi connectivity index (χ0) is 26.6. The van der Waals surface area contributed by atoms with Crippen molar-refractivity contribution in [2.75, 3.05) is 25.6 Å². The van der Waals surface area contributed by atoms with Crippen LogP contribution in [-0.2, 0) is 11.2 Å². The fraction of sp³-hybridized carbons (Fsp3) is 0.577. The first-order valence-electron chi connectivity index (χ1n) is 12.4. The van der Waals surface area contributed by atoms with Crippen LogP contribution >= 0.6 is 0 Å². The van der Waals surface area contributed by atoms with Crippen LogP contribution in [0.3, 0.4) is 0 Å². The molecule has 0 aliphatic carbocycles. The van der Waals surface area contributed by atoms with Gasteiger partial charge in [0.1, 0.15) is 28.8 Å². The number of benzene rings is 1. The van der Waals surface area contributed by atoms with Gasteiger partial charge in [-0.2, -0.15) is 5.26 Å². The van der Waals surface area contributed by atoms with Gasteiger partial charge in [0.2, 0.25) is 0 Å². The summed E-state index contributed by atoms with van der Waals surface area (Å²) in [6.45, 7) is 5.41. The second kappa shape index (κ2) is 14.5. The van der Waals surface area contributed by atoms with E-state index in [9.17, 15) is 23.5 Å². The highest BCUT2D eigenvalue weighted by atomic mass is 19.4. The van der Waals surface area contributed by atoms with Crippen LogP contribution in [0.4, 0.5) is 19.0 Å². The average molecular weight is 509 g/mol. The predicted octanol–water partition coefficient (Wildman–Crippen LogP) is 6.61. The molecule has 2 aromatic rings. The lowest BCUT2D eigenvalue weighted by atomic mass is 9.96. The summed E-state index contributed by atoms with van der Waals surface area (Å²) in [7, 11) is 1.57. The largest absolute Gasteiger partial charge is 0.573 e. The molecule has 7 nitrogen and oxygen atoms in total. The Morgan fingerprint density at radius 3 is 2.53 bits per heavy atom. The number of unbranched alkanes of at least 4 members (excludes halogenated alkanes) is 3. The van der Waals surface area contributed by atoms with Gasteiger partial charge in [-0.3, -0.25) is 0 Å². The van der Waals surface area contributed by atoms with E-state index in [1.165, 1.54) is 25.3 Å². The fourth-order valence-electron chi connectivity index (χ4n) is 4.03. The highest BCUT2D eigenvalue weighted by molar-refractivity contribution is 5.74. The van der Waals surface area contributed by atoms with E-state index in [1.807, 2.05) is 0 Å². The molecule has 0 spiro atoms. The molecule has 0 radical (unpaired) electrons. The van der Waals surface area contributed by atoms with E-state index in [0.29, 0.717) is 48.9 Å². The number of anilines is 1. The van der Waals surface area contributed by atoms with E-state index in [2.05, 4.69) is 40.2 Å². The fourth-order valence-corrected chi connectivity index (χ4v) is 4.03. The maximum atomic E-state index is 12.6. The van der Waals surface area contributed by atoms with Gasteiger partial charge in [0.15, 0.2) is 5.82 Å². The number of halogens is 3. The summed E-state index contributed by atoms with van der Waals surface area (Å²) in [4.78, 5) is 0. The van der Waals surface area contributed by atoms with Crippen LogP contribution in [0.2, 0.25) is 0 Å². The van der Waals surface area contributed by atoms with Gasteiger partial charge in [0, 0.05) is 37.5 Å². The molecule has 1 atom stereocenters. The molecule has 0 amide bonds. The Morgan fingerprint density at radius 2 is 1.92 bits per heavy atom. The molecule has 36 heavy (non-hydrogen) atoms. The van der Waals surface area contributed by atoms with Crippen molar-refractivity contribution in [3.8, 4) is 28.8 Å². The van der Waals surface area contributed by atoms with Crippen molar-refractivity contribution in [1.82, 2.24) is 10.2 Å². The van der Waals surface area contributed by atoms with E-state index in [0.717, 1.165) is 31.4 Å². The van der Waals surface area contributed by atoms with Crippen LogP contribution in [0.1, 0.15) is 69.9 Å².